The minimum absolute atomic E-state index is 0.0439. The molecular weight excluding hydrogens is 219 g/mol. The molecule has 0 heterocycles. The number of carbonyl (C=O) groups is 1. The lowest BCUT2D eigenvalue weighted by Gasteiger charge is -2.24. The van der Waals surface area contributed by atoms with Crippen molar-refractivity contribution in [1.29, 1.82) is 0 Å². The summed E-state index contributed by atoms with van der Waals surface area (Å²) in [5, 5.41) is 2.79. The van der Waals surface area contributed by atoms with Crippen LogP contribution in [0.1, 0.15) is 30.6 Å². The molecular formula is C13H19FN2O. The molecule has 1 aromatic carbocycles. The molecule has 0 aliphatic carbocycles. The van der Waals surface area contributed by atoms with Gasteiger partial charge in [0.15, 0.2) is 0 Å². The summed E-state index contributed by atoms with van der Waals surface area (Å²) >= 11 is 0. The van der Waals surface area contributed by atoms with E-state index in [1.54, 1.807) is 6.07 Å². The number of hydrogen-bond donors (Lipinski definition) is 2. The van der Waals surface area contributed by atoms with Crippen molar-refractivity contribution in [3.63, 3.8) is 0 Å². The van der Waals surface area contributed by atoms with Gasteiger partial charge in [0.05, 0.1) is 0 Å². The Hall–Kier alpha value is -1.42. The third kappa shape index (κ3) is 4.53. The molecule has 0 atom stereocenters. The monoisotopic (exact) mass is 238 g/mol. The summed E-state index contributed by atoms with van der Waals surface area (Å²) in [4.78, 5) is 11.7. The SMILES string of the molecule is CC(C)(CCN)CNC(=O)c1cccc(F)c1. The lowest BCUT2D eigenvalue weighted by atomic mass is 9.89. The zero-order chi connectivity index (χ0) is 12.9. The van der Waals surface area contributed by atoms with Crippen LogP contribution in [0.25, 0.3) is 0 Å². The van der Waals surface area contributed by atoms with Gasteiger partial charge in [-0.3, -0.25) is 4.79 Å². The van der Waals surface area contributed by atoms with Crippen molar-refractivity contribution in [1.82, 2.24) is 5.32 Å². The van der Waals surface area contributed by atoms with E-state index in [0.717, 1.165) is 6.42 Å². The van der Waals surface area contributed by atoms with Gasteiger partial charge in [-0.05, 0) is 36.6 Å². The van der Waals surface area contributed by atoms with Crippen LogP contribution in [0.2, 0.25) is 0 Å². The second-order valence-electron chi connectivity index (χ2n) is 4.90. The summed E-state index contributed by atoms with van der Waals surface area (Å²) < 4.78 is 12.9. The molecule has 0 saturated heterocycles. The summed E-state index contributed by atoms with van der Waals surface area (Å²) in [6.07, 6.45) is 0.830. The number of benzene rings is 1. The fourth-order valence-electron chi connectivity index (χ4n) is 1.53. The quantitative estimate of drug-likeness (QED) is 0.823. The van der Waals surface area contributed by atoms with Crippen molar-refractivity contribution in [2.75, 3.05) is 13.1 Å². The summed E-state index contributed by atoms with van der Waals surface area (Å²) in [5.41, 5.74) is 5.79. The van der Waals surface area contributed by atoms with E-state index in [1.807, 2.05) is 13.8 Å². The normalized spacial score (nSPS) is 11.3. The Bertz CT molecular complexity index is 391. The first kappa shape index (κ1) is 13.6. The summed E-state index contributed by atoms with van der Waals surface area (Å²) in [6.45, 7) is 5.18. The van der Waals surface area contributed by atoms with Crippen LogP contribution in [0.5, 0.6) is 0 Å². The summed E-state index contributed by atoms with van der Waals surface area (Å²) in [5.74, 6) is -0.659. The first-order valence-corrected chi connectivity index (χ1v) is 5.68. The molecule has 3 nitrogen and oxygen atoms in total. The standard InChI is InChI=1S/C13H19FN2O/c1-13(2,6-7-15)9-16-12(17)10-4-3-5-11(14)8-10/h3-5,8H,6-7,9,15H2,1-2H3,(H,16,17). The highest BCUT2D eigenvalue weighted by molar-refractivity contribution is 5.94. The minimum atomic E-state index is -0.404. The molecule has 1 amide bonds. The van der Waals surface area contributed by atoms with Crippen molar-refractivity contribution >= 4 is 5.91 Å². The van der Waals surface area contributed by atoms with Crippen LogP contribution in [0.15, 0.2) is 24.3 Å². The van der Waals surface area contributed by atoms with Crippen molar-refractivity contribution in [3.05, 3.63) is 35.6 Å². The van der Waals surface area contributed by atoms with Gasteiger partial charge in [-0.1, -0.05) is 19.9 Å². The van der Waals surface area contributed by atoms with E-state index < -0.39 is 5.82 Å². The van der Waals surface area contributed by atoms with E-state index in [9.17, 15) is 9.18 Å². The van der Waals surface area contributed by atoms with E-state index in [-0.39, 0.29) is 11.3 Å². The number of halogens is 1. The molecule has 0 aromatic heterocycles. The topological polar surface area (TPSA) is 55.1 Å². The number of nitrogens with one attached hydrogen (secondary N) is 1. The Morgan fingerprint density at radius 3 is 2.76 bits per heavy atom. The first-order valence-electron chi connectivity index (χ1n) is 5.68. The predicted molar refractivity (Wildman–Crippen MR) is 66.2 cm³/mol. The third-order valence-corrected chi connectivity index (χ3v) is 2.64. The molecule has 0 aliphatic rings. The lowest BCUT2D eigenvalue weighted by molar-refractivity contribution is 0.0934. The highest BCUT2D eigenvalue weighted by Crippen LogP contribution is 2.17. The Balaban J connectivity index is 2.56. The highest BCUT2D eigenvalue weighted by atomic mass is 19.1. The Morgan fingerprint density at radius 2 is 2.18 bits per heavy atom. The van der Waals surface area contributed by atoms with Gasteiger partial charge in [0, 0.05) is 12.1 Å². The zero-order valence-corrected chi connectivity index (χ0v) is 10.3. The van der Waals surface area contributed by atoms with E-state index in [2.05, 4.69) is 5.32 Å². The van der Waals surface area contributed by atoms with Crippen LogP contribution >= 0.6 is 0 Å². The third-order valence-electron chi connectivity index (χ3n) is 2.64. The number of carbonyl (C=O) groups excluding carboxylic acids is 1. The molecule has 0 bridgehead atoms. The molecule has 1 rings (SSSR count). The van der Waals surface area contributed by atoms with E-state index in [4.69, 9.17) is 5.73 Å². The molecule has 94 valence electrons. The van der Waals surface area contributed by atoms with Crippen LogP contribution < -0.4 is 11.1 Å². The van der Waals surface area contributed by atoms with Gasteiger partial charge in [-0.2, -0.15) is 0 Å². The second kappa shape index (κ2) is 5.77. The Kier molecular flexibility index (Phi) is 4.63. The number of hydrogen-bond acceptors (Lipinski definition) is 2. The lowest BCUT2D eigenvalue weighted by Crippen LogP contribution is -2.35. The fraction of sp³-hybridized carbons (Fsp3) is 0.462. The fourth-order valence-corrected chi connectivity index (χ4v) is 1.53. The smallest absolute Gasteiger partial charge is 0.251 e. The van der Waals surface area contributed by atoms with Crippen molar-refractivity contribution in [3.8, 4) is 0 Å². The maximum Gasteiger partial charge on any atom is 0.251 e. The van der Waals surface area contributed by atoms with E-state index >= 15 is 0 Å². The van der Waals surface area contributed by atoms with Gasteiger partial charge >= 0.3 is 0 Å². The van der Waals surface area contributed by atoms with Gasteiger partial charge in [0.25, 0.3) is 5.91 Å². The summed E-state index contributed by atoms with van der Waals surface area (Å²) in [6, 6.07) is 5.66. The Morgan fingerprint density at radius 1 is 1.47 bits per heavy atom. The van der Waals surface area contributed by atoms with Crippen molar-refractivity contribution in [2.45, 2.75) is 20.3 Å². The number of rotatable bonds is 5. The van der Waals surface area contributed by atoms with Crippen LogP contribution in [0.4, 0.5) is 4.39 Å². The van der Waals surface area contributed by atoms with Gasteiger partial charge in [0.2, 0.25) is 0 Å². The van der Waals surface area contributed by atoms with E-state index in [1.165, 1.54) is 18.2 Å². The molecule has 0 radical (unpaired) electrons. The largest absolute Gasteiger partial charge is 0.352 e. The van der Waals surface area contributed by atoms with E-state index in [0.29, 0.717) is 18.7 Å². The molecule has 17 heavy (non-hydrogen) atoms. The Labute approximate surface area is 101 Å². The van der Waals surface area contributed by atoms with Gasteiger partial charge in [-0.15, -0.1) is 0 Å². The zero-order valence-electron chi connectivity index (χ0n) is 10.3. The maximum absolute atomic E-state index is 12.9. The first-order chi connectivity index (χ1) is 7.94. The van der Waals surface area contributed by atoms with Crippen LogP contribution in [-0.2, 0) is 0 Å². The number of amides is 1. The molecule has 0 spiro atoms. The molecule has 1 aromatic rings. The van der Waals surface area contributed by atoms with Crippen molar-refractivity contribution in [2.24, 2.45) is 11.1 Å². The molecule has 4 heteroatoms. The molecule has 0 aliphatic heterocycles. The molecule has 3 N–H and O–H groups in total. The van der Waals surface area contributed by atoms with Gasteiger partial charge in [-0.25, -0.2) is 4.39 Å². The minimum Gasteiger partial charge on any atom is -0.352 e. The molecule has 0 saturated carbocycles. The number of nitrogens with two attached hydrogens (primary N) is 1. The second-order valence-corrected chi connectivity index (χ2v) is 4.90. The molecule has 0 fully saturated rings. The predicted octanol–water partition coefficient (Wildman–Crippen LogP) is 1.93. The van der Waals surface area contributed by atoms with Gasteiger partial charge < -0.3 is 11.1 Å². The van der Waals surface area contributed by atoms with Crippen LogP contribution in [0, 0.1) is 11.2 Å². The van der Waals surface area contributed by atoms with Crippen molar-refractivity contribution < 1.29 is 9.18 Å². The van der Waals surface area contributed by atoms with Crippen LogP contribution in [0.3, 0.4) is 0 Å². The average Bonchev–Trinajstić information content (AvgIpc) is 2.26. The van der Waals surface area contributed by atoms with Crippen LogP contribution in [-0.4, -0.2) is 19.0 Å². The van der Waals surface area contributed by atoms with Gasteiger partial charge in [0.1, 0.15) is 5.82 Å². The summed E-state index contributed by atoms with van der Waals surface area (Å²) in [7, 11) is 0. The average molecular weight is 238 g/mol. The highest BCUT2D eigenvalue weighted by Gasteiger charge is 2.18. The molecule has 0 unspecified atom stereocenters. The maximum atomic E-state index is 12.9.